The highest BCUT2D eigenvalue weighted by Crippen LogP contribution is 2.20. The summed E-state index contributed by atoms with van der Waals surface area (Å²) in [6.45, 7) is -0.131. The molecule has 0 aliphatic rings. The van der Waals surface area contributed by atoms with Gasteiger partial charge in [0.2, 0.25) is 0 Å². The van der Waals surface area contributed by atoms with E-state index in [1.54, 1.807) is 54.6 Å². The van der Waals surface area contributed by atoms with Gasteiger partial charge in [-0.15, -0.1) is 0 Å². The van der Waals surface area contributed by atoms with Crippen molar-refractivity contribution in [1.29, 1.82) is 0 Å². The third-order valence-corrected chi connectivity index (χ3v) is 3.87. The van der Waals surface area contributed by atoms with E-state index in [9.17, 15) is 14.7 Å². The van der Waals surface area contributed by atoms with Gasteiger partial charge < -0.3 is 16.6 Å². The third-order valence-electron chi connectivity index (χ3n) is 3.87. The summed E-state index contributed by atoms with van der Waals surface area (Å²) in [7, 11) is 0. The fourth-order valence-electron chi connectivity index (χ4n) is 2.51. The number of aliphatic hydroxyl groups is 1. The van der Waals surface area contributed by atoms with Crippen LogP contribution in [0.3, 0.4) is 0 Å². The Morgan fingerprint density at radius 3 is 2.54 bits per heavy atom. The van der Waals surface area contributed by atoms with Gasteiger partial charge >= 0.3 is 6.03 Å². The number of nitrogens with one attached hydrogen (secondary N) is 1. The minimum atomic E-state index is -0.877. The molecule has 3 amide bonds. The number of urea groups is 1. The van der Waals surface area contributed by atoms with Crippen LogP contribution in [0, 0.1) is 0 Å². The molecule has 2 aromatic carbocycles. The Kier molecular flexibility index (Phi) is 5.47. The van der Waals surface area contributed by atoms with Crippen LogP contribution in [0.2, 0.25) is 0 Å². The number of nitrogens with zero attached hydrogens (tertiary/aromatic N) is 3. The summed E-state index contributed by atoms with van der Waals surface area (Å²) in [5, 5.41) is 10.2. The molecule has 0 aliphatic heterocycles. The van der Waals surface area contributed by atoms with E-state index in [0.717, 1.165) is 5.01 Å². The zero-order chi connectivity index (χ0) is 20.1. The summed E-state index contributed by atoms with van der Waals surface area (Å²) < 4.78 is 0. The maximum absolute atomic E-state index is 12.7. The number of primary amides is 1. The van der Waals surface area contributed by atoms with E-state index in [1.165, 1.54) is 6.20 Å². The zero-order valence-electron chi connectivity index (χ0n) is 14.7. The number of aliphatic hydroxyl groups excluding tert-OH is 1. The first-order chi connectivity index (χ1) is 13.5. The average Bonchev–Trinajstić information content (AvgIpc) is 2.72. The van der Waals surface area contributed by atoms with Crippen LogP contribution in [0.4, 0.5) is 16.3 Å². The van der Waals surface area contributed by atoms with Gasteiger partial charge in [-0.25, -0.2) is 19.8 Å². The number of para-hydroxylation sites is 1. The van der Waals surface area contributed by atoms with Crippen LogP contribution in [-0.2, 0) is 6.61 Å². The minimum Gasteiger partial charge on any atom is -0.392 e. The van der Waals surface area contributed by atoms with Gasteiger partial charge in [-0.2, -0.15) is 0 Å². The van der Waals surface area contributed by atoms with E-state index in [-0.39, 0.29) is 18.1 Å². The molecule has 1 aromatic heterocycles. The highest BCUT2D eigenvalue weighted by Gasteiger charge is 2.20. The van der Waals surface area contributed by atoms with Crippen molar-refractivity contribution < 1.29 is 14.7 Å². The Balaban J connectivity index is 1.92. The predicted octanol–water partition coefficient (Wildman–Crippen LogP) is 1.45. The first-order valence-electron chi connectivity index (χ1n) is 8.28. The Bertz CT molecular complexity index is 1010. The Labute approximate surface area is 160 Å². The van der Waals surface area contributed by atoms with Crippen LogP contribution >= 0.6 is 0 Å². The van der Waals surface area contributed by atoms with E-state index in [4.69, 9.17) is 11.5 Å². The van der Waals surface area contributed by atoms with Gasteiger partial charge in [0, 0.05) is 5.56 Å². The van der Waals surface area contributed by atoms with Crippen LogP contribution in [0.1, 0.15) is 16.1 Å². The highest BCUT2D eigenvalue weighted by atomic mass is 16.3. The Morgan fingerprint density at radius 1 is 1.11 bits per heavy atom. The second-order valence-electron chi connectivity index (χ2n) is 5.80. The molecule has 0 bridgehead atoms. The molecule has 0 saturated carbocycles. The molecule has 0 aliphatic carbocycles. The third kappa shape index (κ3) is 4.05. The van der Waals surface area contributed by atoms with E-state index in [1.807, 2.05) is 0 Å². The van der Waals surface area contributed by atoms with E-state index < -0.39 is 11.9 Å². The lowest BCUT2D eigenvalue weighted by Gasteiger charge is -2.21. The SMILES string of the molecule is NC(=O)N(NC(=O)c1nc(-c2cccc(CO)c2)cnc1N)c1ccccc1. The second-order valence-corrected chi connectivity index (χ2v) is 5.80. The largest absolute Gasteiger partial charge is 0.392 e. The topological polar surface area (TPSA) is 147 Å². The zero-order valence-corrected chi connectivity index (χ0v) is 14.7. The minimum absolute atomic E-state index is 0.1000. The molecule has 3 rings (SSSR count). The van der Waals surface area contributed by atoms with Crippen molar-refractivity contribution in [2.45, 2.75) is 6.61 Å². The van der Waals surface area contributed by atoms with Gasteiger partial charge in [0.25, 0.3) is 5.91 Å². The molecule has 0 spiro atoms. The smallest absolute Gasteiger partial charge is 0.338 e. The maximum Gasteiger partial charge on any atom is 0.338 e. The molecule has 1 heterocycles. The van der Waals surface area contributed by atoms with Crippen molar-refractivity contribution in [1.82, 2.24) is 15.4 Å². The summed E-state index contributed by atoms with van der Waals surface area (Å²) in [6, 6.07) is 14.5. The number of nitrogen functional groups attached to an aromatic ring is 1. The molecule has 0 fully saturated rings. The van der Waals surface area contributed by atoms with Crippen molar-refractivity contribution in [3.8, 4) is 11.3 Å². The van der Waals surface area contributed by atoms with E-state index >= 15 is 0 Å². The quantitative estimate of drug-likeness (QED) is 0.505. The number of carbonyl (C=O) groups excluding carboxylic acids is 2. The van der Waals surface area contributed by atoms with Crippen LogP contribution in [0.25, 0.3) is 11.3 Å². The lowest BCUT2D eigenvalue weighted by molar-refractivity contribution is 0.0946. The summed E-state index contributed by atoms with van der Waals surface area (Å²) in [4.78, 5) is 32.7. The van der Waals surface area contributed by atoms with Crippen LogP contribution < -0.4 is 21.9 Å². The van der Waals surface area contributed by atoms with Crippen molar-refractivity contribution in [3.63, 3.8) is 0 Å². The van der Waals surface area contributed by atoms with Crippen LogP contribution in [-0.4, -0.2) is 27.0 Å². The van der Waals surface area contributed by atoms with E-state index in [2.05, 4.69) is 15.4 Å². The number of anilines is 2. The second kappa shape index (κ2) is 8.14. The van der Waals surface area contributed by atoms with Crippen LogP contribution in [0.15, 0.2) is 60.8 Å². The molecule has 3 aromatic rings. The molecule has 9 heteroatoms. The number of rotatable bonds is 4. The van der Waals surface area contributed by atoms with Gasteiger partial charge in [0.15, 0.2) is 11.5 Å². The maximum atomic E-state index is 12.7. The lowest BCUT2D eigenvalue weighted by Crippen LogP contribution is -2.49. The van der Waals surface area contributed by atoms with Gasteiger partial charge in [-0.1, -0.05) is 36.4 Å². The number of hydrazine groups is 1. The molecule has 0 unspecified atom stereocenters. The van der Waals surface area contributed by atoms with Gasteiger partial charge in [0.05, 0.1) is 24.2 Å². The molecule has 142 valence electrons. The first kappa shape index (κ1) is 18.8. The number of hydrogen-bond acceptors (Lipinski definition) is 6. The predicted molar refractivity (Wildman–Crippen MR) is 104 cm³/mol. The fraction of sp³-hybridized carbons (Fsp3) is 0.0526. The number of amides is 3. The first-order valence-corrected chi connectivity index (χ1v) is 8.28. The Morgan fingerprint density at radius 2 is 1.86 bits per heavy atom. The molecular weight excluding hydrogens is 360 g/mol. The monoisotopic (exact) mass is 378 g/mol. The highest BCUT2D eigenvalue weighted by molar-refractivity contribution is 6.02. The van der Waals surface area contributed by atoms with Gasteiger partial charge in [-0.3, -0.25) is 10.2 Å². The summed E-state index contributed by atoms with van der Waals surface area (Å²) in [5.41, 5.74) is 15.5. The summed E-state index contributed by atoms with van der Waals surface area (Å²) in [6.07, 6.45) is 1.42. The lowest BCUT2D eigenvalue weighted by atomic mass is 10.1. The standard InChI is InChI=1S/C19H18N6O3/c20-17-16(18(27)24-25(19(21)28)14-7-2-1-3-8-14)23-15(10-22-17)13-6-4-5-12(9-13)11-26/h1-10,26H,11H2,(H2,20,22)(H2,21,28)(H,24,27). The molecule has 9 nitrogen and oxygen atoms in total. The average molecular weight is 378 g/mol. The fourth-order valence-corrected chi connectivity index (χ4v) is 2.51. The number of nitrogens with two attached hydrogens (primary N) is 2. The van der Waals surface area contributed by atoms with Gasteiger partial charge in [0.1, 0.15) is 0 Å². The van der Waals surface area contributed by atoms with Crippen LogP contribution in [0.5, 0.6) is 0 Å². The number of aromatic nitrogens is 2. The van der Waals surface area contributed by atoms with Crippen molar-refractivity contribution in [2.24, 2.45) is 5.73 Å². The molecule has 0 saturated heterocycles. The molecule has 6 N–H and O–H groups in total. The van der Waals surface area contributed by atoms with E-state index in [0.29, 0.717) is 22.5 Å². The van der Waals surface area contributed by atoms with Crippen molar-refractivity contribution in [3.05, 3.63) is 72.1 Å². The number of hydrogen-bond donors (Lipinski definition) is 4. The number of benzene rings is 2. The molecule has 0 radical (unpaired) electrons. The van der Waals surface area contributed by atoms with Crippen molar-refractivity contribution >= 4 is 23.4 Å². The summed E-state index contributed by atoms with van der Waals surface area (Å²) >= 11 is 0. The molecule has 0 atom stereocenters. The molecular formula is C19H18N6O3. The van der Waals surface area contributed by atoms with Gasteiger partial charge in [-0.05, 0) is 23.8 Å². The van der Waals surface area contributed by atoms with Crippen molar-refractivity contribution in [2.75, 3.05) is 10.7 Å². The Hall–Kier alpha value is -3.98. The number of carbonyl (C=O) groups is 2. The molecule has 28 heavy (non-hydrogen) atoms. The normalized spacial score (nSPS) is 10.3. The summed E-state index contributed by atoms with van der Waals surface area (Å²) in [5.74, 6) is -0.843.